The fourth-order valence-electron chi connectivity index (χ4n) is 2.83. The lowest BCUT2D eigenvalue weighted by Crippen LogP contribution is -2.57. The summed E-state index contributed by atoms with van der Waals surface area (Å²) in [5.41, 5.74) is 21.7. The van der Waals surface area contributed by atoms with Crippen molar-refractivity contribution in [1.82, 2.24) is 16.0 Å². The van der Waals surface area contributed by atoms with Crippen molar-refractivity contribution >= 4 is 42.2 Å². The van der Waals surface area contributed by atoms with Gasteiger partial charge in [-0.2, -0.15) is 12.6 Å². The van der Waals surface area contributed by atoms with E-state index in [4.69, 9.17) is 22.9 Å². The number of rotatable bonds is 18. The molecule has 0 saturated heterocycles. The Morgan fingerprint density at radius 1 is 0.758 bits per heavy atom. The van der Waals surface area contributed by atoms with Crippen molar-refractivity contribution in [3.63, 3.8) is 0 Å². The predicted octanol–water partition coefficient (Wildman–Crippen LogP) is -3.08. The third kappa shape index (κ3) is 13.0. The van der Waals surface area contributed by atoms with Gasteiger partial charge in [-0.25, -0.2) is 4.79 Å². The first-order valence-electron chi connectivity index (χ1n) is 10.8. The van der Waals surface area contributed by atoms with Crippen molar-refractivity contribution in [2.24, 2.45) is 22.9 Å². The van der Waals surface area contributed by atoms with Crippen LogP contribution in [0, 0.1) is 0 Å². The number of carbonyl (C=O) groups is 5. The van der Waals surface area contributed by atoms with Crippen LogP contribution in [0.4, 0.5) is 0 Å². The maximum absolute atomic E-state index is 12.9. The fourth-order valence-corrected chi connectivity index (χ4v) is 3.00. The molecule has 0 aliphatic carbocycles. The molecule has 13 nitrogen and oxygen atoms in total. The molecule has 0 fully saturated rings. The molecule has 0 spiro atoms. The molecule has 0 bridgehead atoms. The van der Waals surface area contributed by atoms with Gasteiger partial charge in [-0.15, -0.1) is 0 Å². The van der Waals surface area contributed by atoms with Gasteiger partial charge in [0.1, 0.15) is 18.1 Å². The number of nitrogens with two attached hydrogens (primary N) is 4. The number of aliphatic carboxylic acids is 1. The number of nitrogens with one attached hydrogen (secondary N) is 3. The molecule has 0 aliphatic heterocycles. The number of carbonyl (C=O) groups excluding carboxylic acids is 4. The summed E-state index contributed by atoms with van der Waals surface area (Å²) < 4.78 is 0. The summed E-state index contributed by atoms with van der Waals surface area (Å²) >= 11 is 3.97. The van der Waals surface area contributed by atoms with E-state index in [1.165, 1.54) is 0 Å². The molecule has 33 heavy (non-hydrogen) atoms. The third-order valence-corrected chi connectivity index (χ3v) is 5.11. The molecule has 12 N–H and O–H groups in total. The first-order chi connectivity index (χ1) is 15.6. The van der Waals surface area contributed by atoms with Gasteiger partial charge >= 0.3 is 5.97 Å². The van der Waals surface area contributed by atoms with Crippen molar-refractivity contribution in [3.8, 4) is 0 Å². The monoisotopic (exact) mass is 491 g/mol. The van der Waals surface area contributed by atoms with Crippen molar-refractivity contribution in [3.05, 3.63) is 0 Å². The third-order valence-electron chi connectivity index (χ3n) is 4.71. The standard InChI is InChI=1S/C19H37N7O6S/c20-7-3-1-5-12(24-16(28)11(22)10-33)17(29)25-13(6-2-4-8-21)18(30)26-14(19(31)32)9-15(23)27/h11-14,33H,1-10,20-22H2,(H2,23,27)(H,24,28)(H,25,29)(H,26,30)(H,31,32). The molecule has 190 valence electrons. The summed E-state index contributed by atoms with van der Waals surface area (Å²) in [6, 6.07) is -4.57. The topological polar surface area (TPSA) is 246 Å². The quantitative estimate of drug-likeness (QED) is 0.0695. The van der Waals surface area contributed by atoms with E-state index in [0.717, 1.165) is 0 Å². The largest absolute Gasteiger partial charge is 0.480 e. The van der Waals surface area contributed by atoms with E-state index in [0.29, 0.717) is 38.8 Å². The minimum Gasteiger partial charge on any atom is -0.480 e. The number of unbranched alkanes of at least 4 members (excludes halogenated alkanes) is 2. The highest BCUT2D eigenvalue weighted by atomic mass is 32.1. The first kappa shape index (κ1) is 30.6. The van der Waals surface area contributed by atoms with Crippen molar-refractivity contribution in [1.29, 1.82) is 0 Å². The molecule has 0 aromatic carbocycles. The van der Waals surface area contributed by atoms with Gasteiger partial charge in [-0.05, 0) is 51.6 Å². The van der Waals surface area contributed by atoms with E-state index in [-0.39, 0.29) is 18.6 Å². The summed E-state index contributed by atoms with van der Waals surface area (Å²) in [5.74, 6) is -4.29. The molecule has 0 radical (unpaired) electrons. The Morgan fingerprint density at radius 2 is 1.18 bits per heavy atom. The van der Waals surface area contributed by atoms with Crippen molar-refractivity contribution < 1.29 is 29.1 Å². The van der Waals surface area contributed by atoms with E-state index >= 15 is 0 Å². The SMILES string of the molecule is NCCCCC(NC(=O)C(N)CS)C(=O)NC(CCCCN)C(=O)NC(CC(N)=O)C(=O)O. The zero-order chi connectivity index (χ0) is 25.4. The first-order valence-corrected chi connectivity index (χ1v) is 11.4. The second-order valence-electron chi connectivity index (χ2n) is 7.55. The molecule has 14 heteroatoms. The average molecular weight is 492 g/mol. The Bertz CT molecular complexity index is 667. The van der Waals surface area contributed by atoms with Crippen LogP contribution in [-0.4, -0.2) is 77.7 Å². The lowest BCUT2D eigenvalue weighted by atomic mass is 10.0. The number of amides is 4. The van der Waals surface area contributed by atoms with Crippen LogP contribution in [0.15, 0.2) is 0 Å². The Balaban J connectivity index is 5.47. The van der Waals surface area contributed by atoms with Gasteiger partial charge in [-0.1, -0.05) is 0 Å². The second-order valence-corrected chi connectivity index (χ2v) is 7.92. The normalized spacial score (nSPS) is 14.4. The van der Waals surface area contributed by atoms with Crippen molar-refractivity contribution in [2.75, 3.05) is 18.8 Å². The van der Waals surface area contributed by atoms with Crippen molar-refractivity contribution in [2.45, 2.75) is 69.1 Å². The molecule has 0 aromatic heterocycles. The zero-order valence-corrected chi connectivity index (χ0v) is 19.5. The average Bonchev–Trinajstić information content (AvgIpc) is 2.76. The smallest absolute Gasteiger partial charge is 0.326 e. The highest BCUT2D eigenvalue weighted by molar-refractivity contribution is 7.80. The molecule has 0 aromatic rings. The van der Waals surface area contributed by atoms with Crippen LogP contribution in [0.2, 0.25) is 0 Å². The highest BCUT2D eigenvalue weighted by Crippen LogP contribution is 2.07. The van der Waals surface area contributed by atoms with Crippen LogP contribution in [-0.2, 0) is 24.0 Å². The molecule has 0 rings (SSSR count). The number of hydrogen-bond donors (Lipinski definition) is 9. The molecule has 4 amide bonds. The summed E-state index contributed by atoms with van der Waals surface area (Å²) in [5, 5.41) is 16.6. The molecule has 0 saturated carbocycles. The van der Waals surface area contributed by atoms with Gasteiger partial charge in [-0.3, -0.25) is 19.2 Å². The number of thiol groups is 1. The fraction of sp³-hybridized carbons (Fsp3) is 0.737. The van der Waals surface area contributed by atoms with E-state index in [1.807, 2.05) is 0 Å². The van der Waals surface area contributed by atoms with E-state index in [1.54, 1.807) is 0 Å². The minimum atomic E-state index is -1.54. The summed E-state index contributed by atoms with van der Waals surface area (Å²) in [7, 11) is 0. The molecule has 0 aliphatic rings. The maximum atomic E-state index is 12.9. The van der Waals surface area contributed by atoms with Crippen LogP contribution in [0.25, 0.3) is 0 Å². The van der Waals surface area contributed by atoms with Crippen LogP contribution in [0.3, 0.4) is 0 Å². The summed E-state index contributed by atoms with van der Waals surface area (Å²) in [4.78, 5) is 60.3. The van der Waals surface area contributed by atoms with Gasteiger partial charge in [0.05, 0.1) is 12.5 Å². The number of primary amides is 1. The van der Waals surface area contributed by atoms with Crippen LogP contribution >= 0.6 is 12.6 Å². The van der Waals surface area contributed by atoms with Crippen LogP contribution in [0.5, 0.6) is 0 Å². The lowest BCUT2D eigenvalue weighted by molar-refractivity contribution is -0.143. The molecule has 4 unspecified atom stereocenters. The van der Waals surface area contributed by atoms with Gasteiger partial charge in [0.15, 0.2) is 0 Å². The van der Waals surface area contributed by atoms with Gasteiger partial charge in [0, 0.05) is 5.75 Å². The Hall–Kier alpha value is -2.42. The molecular formula is C19H37N7O6S. The van der Waals surface area contributed by atoms with Crippen LogP contribution < -0.4 is 38.9 Å². The maximum Gasteiger partial charge on any atom is 0.326 e. The minimum absolute atomic E-state index is 0.0729. The predicted molar refractivity (Wildman–Crippen MR) is 125 cm³/mol. The molecule has 4 atom stereocenters. The van der Waals surface area contributed by atoms with Gasteiger partial charge < -0.3 is 44.0 Å². The number of hydrogen-bond acceptors (Lipinski definition) is 9. The van der Waals surface area contributed by atoms with Gasteiger partial charge in [0.2, 0.25) is 23.6 Å². The van der Waals surface area contributed by atoms with Crippen LogP contribution in [0.1, 0.15) is 44.9 Å². The molecule has 0 heterocycles. The highest BCUT2D eigenvalue weighted by Gasteiger charge is 2.30. The van der Waals surface area contributed by atoms with E-state index in [9.17, 15) is 29.1 Å². The zero-order valence-electron chi connectivity index (χ0n) is 18.6. The van der Waals surface area contributed by atoms with E-state index < -0.39 is 60.2 Å². The second kappa shape index (κ2) is 17.1. The van der Waals surface area contributed by atoms with Gasteiger partial charge in [0.25, 0.3) is 0 Å². The Labute approximate surface area is 198 Å². The lowest BCUT2D eigenvalue weighted by Gasteiger charge is -2.25. The summed E-state index contributed by atoms with van der Waals surface area (Å²) in [6.07, 6.45) is 2.00. The molecular weight excluding hydrogens is 454 g/mol. The number of carboxylic acids is 1. The van der Waals surface area contributed by atoms with E-state index in [2.05, 4.69) is 28.6 Å². The Morgan fingerprint density at radius 3 is 1.55 bits per heavy atom. The Kier molecular flexibility index (Phi) is 15.9. The number of carboxylic acid groups (broad SMARTS) is 1. The summed E-state index contributed by atoms with van der Waals surface area (Å²) in [6.45, 7) is 0.764.